The van der Waals surface area contributed by atoms with E-state index in [1.54, 1.807) is 0 Å². The zero-order valence-electron chi connectivity index (χ0n) is 13.1. The molecule has 1 aromatic rings. The summed E-state index contributed by atoms with van der Waals surface area (Å²) in [6, 6.07) is 10.3. The number of benzene rings is 1. The molecule has 120 valence electrons. The first-order valence-corrected chi connectivity index (χ1v) is 8.43. The van der Waals surface area contributed by atoms with Gasteiger partial charge >= 0.3 is 0 Å². The summed E-state index contributed by atoms with van der Waals surface area (Å²) < 4.78 is 5.98. The van der Waals surface area contributed by atoms with Crippen molar-refractivity contribution in [2.24, 2.45) is 11.7 Å². The Labute approximate surface area is 132 Å². The molecule has 1 saturated heterocycles. The van der Waals surface area contributed by atoms with Gasteiger partial charge in [0.1, 0.15) is 0 Å². The monoisotopic (exact) mass is 302 g/mol. The maximum atomic E-state index is 12.4. The van der Waals surface area contributed by atoms with Crippen molar-refractivity contribution in [1.29, 1.82) is 0 Å². The van der Waals surface area contributed by atoms with E-state index in [0.29, 0.717) is 12.5 Å². The smallest absolute Gasteiger partial charge is 0.240 e. The summed E-state index contributed by atoms with van der Waals surface area (Å²) in [4.78, 5) is 12.4. The first kappa shape index (κ1) is 15.5. The summed E-state index contributed by atoms with van der Waals surface area (Å²) in [5.41, 5.74) is 6.78. The molecule has 1 aliphatic heterocycles. The number of hydrogen-bond acceptors (Lipinski definition) is 3. The Hall–Kier alpha value is -1.39. The van der Waals surface area contributed by atoms with Gasteiger partial charge in [-0.05, 0) is 31.2 Å². The molecule has 0 bridgehead atoms. The van der Waals surface area contributed by atoms with Crippen molar-refractivity contribution >= 4 is 5.91 Å². The molecule has 3 rings (SSSR count). The zero-order valence-corrected chi connectivity index (χ0v) is 13.1. The molecule has 0 radical (unpaired) electrons. The molecule has 2 aliphatic rings. The predicted molar refractivity (Wildman–Crippen MR) is 86.3 cm³/mol. The summed E-state index contributed by atoms with van der Waals surface area (Å²) in [6.45, 7) is 1.45. The minimum atomic E-state index is -0.641. The third-order valence-corrected chi connectivity index (χ3v) is 5.05. The van der Waals surface area contributed by atoms with Gasteiger partial charge in [-0.1, -0.05) is 43.2 Å². The second-order valence-electron chi connectivity index (χ2n) is 6.68. The van der Waals surface area contributed by atoms with E-state index in [9.17, 15) is 4.79 Å². The summed E-state index contributed by atoms with van der Waals surface area (Å²) >= 11 is 0. The van der Waals surface area contributed by atoms with E-state index in [0.717, 1.165) is 45.1 Å². The Morgan fingerprint density at radius 2 is 1.95 bits per heavy atom. The second-order valence-corrected chi connectivity index (χ2v) is 6.68. The van der Waals surface area contributed by atoms with Crippen LogP contribution in [-0.4, -0.2) is 24.6 Å². The van der Waals surface area contributed by atoms with Crippen LogP contribution in [0.5, 0.6) is 0 Å². The fourth-order valence-electron chi connectivity index (χ4n) is 3.70. The number of amides is 1. The average molecular weight is 302 g/mol. The number of nitrogens with two attached hydrogens (primary N) is 1. The van der Waals surface area contributed by atoms with Crippen LogP contribution in [-0.2, 0) is 9.53 Å². The van der Waals surface area contributed by atoms with E-state index in [2.05, 4.69) is 17.4 Å². The molecule has 4 heteroatoms. The van der Waals surface area contributed by atoms with Crippen LogP contribution in [0.25, 0.3) is 0 Å². The molecule has 0 spiro atoms. The largest absolute Gasteiger partial charge is 0.373 e. The third kappa shape index (κ3) is 3.33. The van der Waals surface area contributed by atoms with E-state index in [-0.39, 0.29) is 12.0 Å². The van der Waals surface area contributed by atoms with Crippen molar-refractivity contribution in [2.45, 2.75) is 50.2 Å². The fraction of sp³-hybridized carbons (Fsp3) is 0.611. The lowest BCUT2D eigenvalue weighted by Crippen LogP contribution is -2.53. The second kappa shape index (κ2) is 6.80. The topological polar surface area (TPSA) is 64.4 Å². The normalized spacial score (nSPS) is 27.5. The Kier molecular flexibility index (Phi) is 4.79. The van der Waals surface area contributed by atoms with Gasteiger partial charge in [0.05, 0.1) is 11.6 Å². The maximum absolute atomic E-state index is 12.4. The highest BCUT2D eigenvalue weighted by Gasteiger charge is 2.37. The molecule has 2 unspecified atom stereocenters. The van der Waals surface area contributed by atoms with Crippen LogP contribution in [0, 0.1) is 5.92 Å². The lowest BCUT2D eigenvalue weighted by molar-refractivity contribution is -0.127. The third-order valence-electron chi connectivity index (χ3n) is 5.05. The molecule has 1 heterocycles. The Bertz CT molecular complexity index is 497. The molecular weight excluding hydrogens is 276 g/mol. The van der Waals surface area contributed by atoms with E-state index < -0.39 is 5.54 Å². The molecule has 2 fully saturated rings. The van der Waals surface area contributed by atoms with Crippen LogP contribution in [0.15, 0.2) is 30.3 Å². The van der Waals surface area contributed by atoms with Crippen molar-refractivity contribution in [1.82, 2.24) is 5.32 Å². The standard InChI is InChI=1S/C18H26N2O2/c19-18(10-4-5-11-18)17(21)20-13-15-9-6-12-22-16(15)14-7-2-1-3-8-14/h1-3,7-8,15-16H,4-6,9-13,19H2,(H,20,21). The van der Waals surface area contributed by atoms with Gasteiger partial charge in [-0.2, -0.15) is 0 Å². The number of carbonyl (C=O) groups is 1. The molecule has 3 N–H and O–H groups in total. The van der Waals surface area contributed by atoms with Crippen molar-refractivity contribution in [3.8, 4) is 0 Å². The first-order chi connectivity index (χ1) is 10.7. The minimum Gasteiger partial charge on any atom is -0.373 e. The molecule has 0 aromatic heterocycles. The van der Waals surface area contributed by atoms with Gasteiger partial charge in [-0.3, -0.25) is 4.79 Å². The highest BCUT2D eigenvalue weighted by atomic mass is 16.5. The molecule has 2 atom stereocenters. The molecule has 4 nitrogen and oxygen atoms in total. The van der Waals surface area contributed by atoms with Gasteiger partial charge < -0.3 is 15.8 Å². The summed E-state index contributed by atoms with van der Waals surface area (Å²) in [5.74, 6) is 0.340. The molecule has 1 aliphatic carbocycles. The number of hydrogen-bond donors (Lipinski definition) is 2. The van der Waals surface area contributed by atoms with E-state index in [1.165, 1.54) is 5.56 Å². The van der Waals surface area contributed by atoms with Crippen LogP contribution in [0.4, 0.5) is 0 Å². The van der Waals surface area contributed by atoms with Gasteiger partial charge in [0.15, 0.2) is 0 Å². The van der Waals surface area contributed by atoms with E-state index in [1.807, 2.05) is 18.2 Å². The fourth-order valence-corrected chi connectivity index (χ4v) is 3.70. The van der Waals surface area contributed by atoms with E-state index >= 15 is 0 Å². The van der Waals surface area contributed by atoms with Gasteiger partial charge in [0.25, 0.3) is 0 Å². The molecular formula is C18H26N2O2. The molecule has 1 amide bonds. The van der Waals surface area contributed by atoms with Crippen molar-refractivity contribution in [2.75, 3.05) is 13.2 Å². The highest BCUT2D eigenvalue weighted by Crippen LogP contribution is 2.33. The van der Waals surface area contributed by atoms with Gasteiger partial charge in [0.2, 0.25) is 5.91 Å². The van der Waals surface area contributed by atoms with Crippen molar-refractivity contribution in [3.63, 3.8) is 0 Å². The van der Waals surface area contributed by atoms with Gasteiger partial charge in [-0.15, -0.1) is 0 Å². The summed E-state index contributed by atoms with van der Waals surface area (Å²) in [6.07, 6.45) is 5.94. The minimum absolute atomic E-state index is 0.0161. The van der Waals surface area contributed by atoms with Crippen LogP contribution in [0.2, 0.25) is 0 Å². The predicted octanol–water partition coefficient (Wildman–Crippen LogP) is 2.54. The molecule has 22 heavy (non-hydrogen) atoms. The number of carbonyl (C=O) groups excluding carboxylic acids is 1. The average Bonchev–Trinajstić information content (AvgIpc) is 3.02. The Morgan fingerprint density at radius 1 is 1.23 bits per heavy atom. The first-order valence-electron chi connectivity index (χ1n) is 8.43. The SMILES string of the molecule is NC1(C(=O)NCC2CCCOC2c2ccccc2)CCCC1. The van der Waals surface area contributed by atoms with Crippen LogP contribution in [0.3, 0.4) is 0 Å². The van der Waals surface area contributed by atoms with Crippen LogP contribution in [0.1, 0.15) is 50.2 Å². The lowest BCUT2D eigenvalue weighted by atomic mass is 9.89. The Balaban J connectivity index is 1.61. The molecule has 1 aromatic carbocycles. The maximum Gasteiger partial charge on any atom is 0.240 e. The van der Waals surface area contributed by atoms with E-state index in [4.69, 9.17) is 10.5 Å². The summed E-state index contributed by atoms with van der Waals surface area (Å²) in [7, 11) is 0. The lowest BCUT2D eigenvalue weighted by Gasteiger charge is -2.33. The van der Waals surface area contributed by atoms with Gasteiger partial charge in [0, 0.05) is 19.1 Å². The number of rotatable bonds is 4. The number of nitrogens with one attached hydrogen (secondary N) is 1. The quantitative estimate of drug-likeness (QED) is 0.898. The van der Waals surface area contributed by atoms with Crippen LogP contribution >= 0.6 is 0 Å². The van der Waals surface area contributed by atoms with Crippen molar-refractivity contribution < 1.29 is 9.53 Å². The van der Waals surface area contributed by atoms with Gasteiger partial charge in [-0.25, -0.2) is 0 Å². The Morgan fingerprint density at radius 3 is 2.68 bits per heavy atom. The molecule has 1 saturated carbocycles. The van der Waals surface area contributed by atoms with Crippen molar-refractivity contribution in [3.05, 3.63) is 35.9 Å². The summed E-state index contributed by atoms with van der Waals surface area (Å²) in [5, 5.41) is 3.09. The van der Waals surface area contributed by atoms with Crippen LogP contribution < -0.4 is 11.1 Å². The number of ether oxygens (including phenoxy) is 1. The highest BCUT2D eigenvalue weighted by molar-refractivity contribution is 5.86. The zero-order chi connectivity index (χ0) is 15.4.